The van der Waals surface area contributed by atoms with E-state index < -0.39 is 30.1 Å². The van der Waals surface area contributed by atoms with Crippen molar-refractivity contribution in [2.24, 2.45) is 0 Å². The Kier molecular flexibility index (Phi) is 6.15. The van der Waals surface area contributed by atoms with Crippen LogP contribution in [0.3, 0.4) is 0 Å². The molecule has 3 amide bonds. The van der Waals surface area contributed by atoms with Crippen LogP contribution in [0, 0.1) is 0 Å². The summed E-state index contributed by atoms with van der Waals surface area (Å²) in [6.45, 7) is 5.41. The Hall–Kier alpha value is -3.34. The van der Waals surface area contributed by atoms with Crippen molar-refractivity contribution in [1.82, 2.24) is 14.8 Å². The number of alkyl halides is 3. The van der Waals surface area contributed by atoms with Gasteiger partial charge in [-0.3, -0.25) is 4.79 Å². The third-order valence-corrected chi connectivity index (χ3v) is 5.80. The van der Waals surface area contributed by atoms with Gasteiger partial charge in [0.05, 0.1) is 5.69 Å². The van der Waals surface area contributed by atoms with E-state index in [0.29, 0.717) is 0 Å². The van der Waals surface area contributed by atoms with Gasteiger partial charge in [-0.1, -0.05) is 0 Å². The predicted octanol–water partition coefficient (Wildman–Crippen LogP) is 3.09. The lowest BCUT2D eigenvalue weighted by Gasteiger charge is -2.33. The number of nitrogens with zero attached hydrogens (tertiary/aromatic N) is 5. The molecule has 0 bridgehead atoms. The number of ether oxygens (including phenoxy) is 1. The number of piperazine rings is 1. The Labute approximate surface area is 189 Å². The summed E-state index contributed by atoms with van der Waals surface area (Å²) < 4.78 is 41.0. The van der Waals surface area contributed by atoms with Crippen molar-refractivity contribution < 1.29 is 27.5 Å². The van der Waals surface area contributed by atoms with E-state index in [-0.39, 0.29) is 12.2 Å². The maximum Gasteiger partial charge on any atom is 0.573 e. The first kappa shape index (κ1) is 22.8. The van der Waals surface area contributed by atoms with Crippen LogP contribution in [-0.2, 0) is 11.3 Å². The highest BCUT2D eigenvalue weighted by atomic mass is 19.4. The molecule has 2 aromatic rings. The number of urea groups is 1. The van der Waals surface area contributed by atoms with Gasteiger partial charge in [0.1, 0.15) is 17.6 Å². The number of benzene rings is 1. The molecule has 0 spiro atoms. The van der Waals surface area contributed by atoms with Crippen molar-refractivity contribution in [3.63, 3.8) is 0 Å². The highest BCUT2D eigenvalue weighted by molar-refractivity contribution is 6.21. The second-order valence-corrected chi connectivity index (χ2v) is 8.11. The van der Waals surface area contributed by atoms with Gasteiger partial charge in [0.15, 0.2) is 0 Å². The van der Waals surface area contributed by atoms with Crippen molar-refractivity contribution in [3.05, 3.63) is 48.2 Å². The quantitative estimate of drug-likeness (QED) is 0.635. The Morgan fingerprint density at radius 2 is 1.73 bits per heavy atom. The molecule has 33 heavy (non-hydrogen) atoms. The van der Waals surface area contributed by atoms with Crippen LogP contribution in [0.4, 0.5) is 29.5 Å². The van der Waals surface area contributed by atoms with E-state index in [9.17, 15) is 22.8 Å². The van der Waals surface area contributed by atoms with Crippen LogP contribution >= 0.6 is 0 Å². The van der Waals surface area contributed by atoms with E-state index in [1.807, 2.05) is 6.07 Å². The molecule has 2 saturated heterocycles. The van der Waals surface area contributed by atoms with E-state index in [4.69, 9.17) is 0 Å². The molecular weight excluding hydrogens is 439 g/mol. The van der Waals surface area contributed by atoms with Gasteiger partial charge in [0.2, 0.25) is 0 Å². The Bertz CT molecular complexity index is 1020. The third kappa shape index (κ3) is 5.03. The lowest BCUT2D eigenvalue weighted by atomic mass is 10.2. The van der Waals surface area contributed by atoms with Gasteiger partial charge in [-0.2, -0.15) is 0 Å². The molecule has 2 aliphatic rings. The minimum Gasteiger partial charge on any atom is -0.406 e. The first-order valence-electron chi connectivity index (χ1n) is 10.5. The van der Waals surface area contributed by atoms with E-state index >= 15 is 0 Å². The number of halogens is 3. The van der Waals surface area contributed by atoms with Crippen LogP contribution in [0.15, 0.2) is 42.6 Å². The maximum absolute atomic E-state index is 13.1. The van der Waals surface area contributed by atoms with E-state index in [0.717, 1.165) is 54.6 Å². The lowest BCUT2D eigenvalue weighted by molar-refractivity contribution is -0.274. The number of anilines is 2. The van der Waals surface area contributed by atoms with Gasteiger partial charge in [-0.15, -0.1) is 13.2 Å². The van der Waals surface area contributed by atoms with Crippen LogP contribution < -0.4 is 14.5 Å². The number of carbonyl (C=O) groups is 2. The smallest absolute Gasteiger partial charge is 0.406 e. The second-order valence-electron chi connectivity index (χ2n) is 8.11. The van der Waals surface area contributed by atoms with Gasteiger partial charge in [-0.05, 0) is 55.9 Å². The first-order valence-corrected chi connectivity index (χ1v) is 10.5. The van der Waals surface area contributed by atoms with Crippen molar-refractivity contribution in [2.45, 2.75) is 25.9 Å². The normalized spacial score (nSPS) is 20.0. The zero-order valence-corrected chi connectivity index (χ0v) is 18.2. The van der Waals surface area contributed by atoms with Crippen molar-refractivity contribution in [1.29, 1.82) is 0 Å². The molecule has 1 atom stereocenters. The number of likely N-dealkylation sites (N-methyl/N-ethyl adjacent to an activating group) is 1. The fourth-order valence-corrected chi connectivity index (χ4v) is 3.91. The Morgan fingerprint density at radius 1 is 1.06 bits per heavy atom. The summed E-state index contributed by atoms with van der Waals surface area (Å²) in [7, 11) is 2.07. The standard InChI is InChI=1S/C22H24F3N5O3/c1-15-20(31)30(17-3-5-18(6-4-17)33-22(23,24)25)21(32)29(15)14-16-7-8-26-19(13-16)28-11-9-27(2)10-12-28/h3-8,13,15H,9-12,14H2,1-2H3. The van der Waals surface area contributed by atoms with Crippen LogP contribution in [0.2, 0.25) is 0 Å². The molecule has 2 aliphatic heterocycles. The Balaban J connectivity index is 1.48. The van der Waals surface area contributed by atoms with E-state index in [1.54, 1.807) is 19.2 Å². The molecule has 0 radical (unpaired) electrons. The van der Waals surface area contributed by atoms with Crippen molar-refractivity contribution in [2.75, 3.05) is 43.0 Å². The number of hydrogen-bond donors (Lipinski definition) is 0. The van der Waals surface area contributed by atoms with Crippen LogP contribution in [0.1, 0.15) is 12.5 Å². The minimum atomic E-state index is -4.82. The van der Waals surface area contributed by atoms with E-state index in [1.165, 1.54) is 17.0 Å². The topological polar surface area (TPSA) is 69.2 Å². The average Bonchev–Trinajstić information content (AvgIpc) is 2.97. The molecule has 4 rings (SSSR count). The molecule has 0 saturated carbocycles. The number of amides is 3. The molecule has 8 nitrogen and oxygen atoms in total. The molecule has 11 heteroatoms. The number of carbonyl (C=O) groups excluding carboxylic acids is 2. The molecule has 0 aliphatic carbocycles. The van der Waals surface area contributed by atoms with E-state index in [2.05, 4.69) is 26.6 Å². The first-order chi connectivity index (χ1) is 15.6. The number of hydrogen-bond acceptors (Lipinski definition) is 6. The summed E-state index contributed by atoms with van der Waals surface area (Å²) >= 11 is 0. The summed E-state index contributed by atoms with van der Waals surface area (Å²) in [5, 5.41) is 0. The molecule has 176 valence electrons. The molecule has 0 N–H and O–H groups in total. The zero-order valence-electron chi connectivity index (χ0n) is 18.2. The lowest BCUT2D eigenvalue weighted by Crippen LogP contribution is -2.44. The van der Waals surface area contributed by atoms with Gasteiger partial charge in [0, 0.05) is 38.9 Å². The minimum absolute atomic E-state index is 0.182. The molecule has 3 heterocycles. The van der Waals surface area contributed by atoms with Crippen LogP contribution in [0.25, 0.3) is 0 Å². The SMILES string of the molecule is CC1C(=O)N(c2ccc(OC(F)(F)F)cc2)C(=O)N1Cc1ccnc(N2CCN(C)CC2)c1. The molecule has 2 fully saturated rings. The number of pyridine rings is 1. The number of rotatable bonds is 5. The van der Waals surface area contributed by atoms with Gasteiger partial charge < -0.3 is 19.4 Å². The fraction of sp³-hybridized carbons (Fsp3) is 0.409. The fourth-order valence-electron chi connectivity index (χ4n) is 3.91. The monoisotopic (exact) mass is 463 g/mol. The Morgan fingerprint density at radius 3 is 2.36 bits per heavy atom. The summed E-state index contributed by atoms with van der Waals surface area (Å²) in [4.78, 5) is 37.1. The van der Waals surface area contributed by atoms with Gasteiger partial charge in [-0.25, -0.2) is 14.7 Å². The highest BCUT2D eigenvalue weighted by Crippen LogP contribution is 2.30. The summed E-state index contributed by atoms with van der Waals surface area (Å²) in [5.74, 6) is -0.0513. The van der Waals surface area contributed by atoms with Crippen LogP contribution in [-0.4, -0.2) is 72.4 Å². The summed E-state index contributed by atoms with van der Waals surface area (Å²) in [6.07, 6.45) is -3.13. The third-order valence-electron chi connectivity index (χ3n) is 5.80. The highest BCUT2D eigenvalue weighted by Gasteiger charge is 2.43. The van der Waals surface area contributed by atoms with Crippen molar-refractivity contribution >= 4 is 23.4 Å². The second kappa shape index (κ2) is 8.89. The van der Waals surface area contributed by atoms with Crippen LogP contribution in [0.5, 0.6) is 5.75 Å². The maximum atomic E-state index is 13.1. The molecule has 1 aromatic heterocycles. The summed E-state index contributed by atoms with van der Waals surface area (Å²) in [5.41, 5.74) is 1.02. The zero-order chi connectivity index (χ0) is 23.8. The average molecular weight is 463 g/mol. The molecule has 1 aromatic carbocycles. The van der Waals surface area contributed by atoms with Gasteiger partial charge >= 0.3 is 12.4 Å². The predicted molar refractivity (Wildman–Crippen MR) is 115 cm³/mol. The molecular formula is C22H24F3N5O3. The van der Waals surface area contributed by atoms with Crippen molar-refractivity contribution in [3.8, 4) is 5.75 Å². The number of aromatic nitrogens is 1. The number of imide groups is 1. The summed E-state index contributed by atoms with van der Waals surface area (Å²) in [6, 6.07) is 7.12. The molecule has 1 unspecified atom stereocenters. The largest absolute Gasteiger partial charge is 0.573 e. The van der Waals surface area contributed by atoms with Gasteiger partial charge in [0.25, 0.3) is 5.91 Å².